The molecule has 0 N–H and O–H groups in total. The van der Waals surface area contributed by atoms with Gasteiger partial charge < -0.3 is 1.43 Å². The third-order valence-electron chi connectivity index (χ3n) is 0.451. The molecule has 0 atom stereocenters. The van der Waals surface area contributed by atoms with Gasteiger partial charge in [-0.3, -0.25) is 0 Å². The molecule has 0 saturated carbocycles. The first-order valence-electron chi connectivity index (χ1n) is 2.35. The molecule has 0 heterocycles. The first kappa shape index (κ1) is 6.49. The molecule has 36 valence electrons. The molecule has 0 aromatic rings. The van der Waals surface area contributed by atoms with Gasteiger partial charge >= 0.3 is 45.1 Å². The van der Waals surface area contributed by atoms with E-state index in [9.17, 15) is 0 Å². The van der Waals surface area contributed by atoms with Crippen molar-refractivity contribution in [3.8, 4) is 0 Å². The molecular formula is C4H11AlO. The predicted octanol–water partition coefficient (Wildman–Crippen LogP) is 1.19. The molecular weight excluding hydrogens is 91.0 g/mol. The zero-order chi connectivity index (χ0) is 4.83. The molecule has 0 aliphatic carbocycles. The van der Waals surface area contributed by atoms with Gasteiger partial charge in [0.15, 0.2) is 0 Å². The molecule has 0 amide bonds. The van der Waals surface area contributed by atoms with E-state index < -0.39 is 0 Å². The number of hydrogen-bond acceptors (Lipinski definition) is 1. The van der Waals surface area contributed by atoms with Crippen LogP contribution in [0.4, 0.5) is 0 Å². The molecule has 0 radical (unpaired) electrons. The zero-order valence-corrected chi connectivity index (χ0v) is 5.55. The van der Waals surface area contributed by atoms with Gasteiger partial charge in [-0.2, -0.15) is 0 Å². The van der Waals surface area contributed by atoms with Crippen LogP contribution in [0.5, 0.6) is 0 Å². The third-order valence-corrected chi connectivity index (χ3v) is 1.35. The summed E-state index contributed by atoms with van der Waals surface area (Å²) >= 11 is 0.318. The molecule has 0 aliphatic rings. The summed E-state index contributed by atoms with van der Waals surface area (Å²) in [5.74, 6) is 0. The molecule has 0 saturated heterocycles. The summed E-state index contributed by atoms with van der Waals surface area (Å²) in [7, 11) is 0. The van der Waals surface area contributed by atoms with Crippen molar-refractivity contribution in [2.75, 3.05) is 6.61 Å². The summed E-state index contributed by atoms with van der Waals surface area (Å²) in [4.78, 5) is 0. The van der Waals surface area contributed by atoms with Crippen LogP contribution in [0.2, 0.25) is 5.28 Å². The van der Waals surface area contributed by atoms with E-state index in [0.29, 0.717) is 15.6 Å². The second-order valence-electron chi connectivity index (χ2n) is 1.03. The van der Waals surface area contributed by atoms with Crippen LogP contribution in [0, 0.1) is 0 Å². The van der Waals surface area contributed by atoms with Crippen LogP contribution < -0.4 is 0 Å². The number of hydrogen-bond donors (Lipinski definition) is 0. The molecule has 0 aromatic heterocycles. The molecule has 2 heteroatoms. The monoisotopic (exact) mass is 102 g/mol. The Labute approximate surface area is 47.2 Å². The molecule has 0 unspecified atom stereocenters. The average Bonchev–Trinajstić information content (AvgIpc) is 1.61. The molecule has 0 aromatic carbocycles. The second-order valence-corrected chi connectivity index (χ2v) is 2.51. The Morgan fingerprint density at radius 2 is 2.33 bits per heavy atom. The van der Waals surface area contributed by atoms with Gasteiger partial charge in [-0.05, 0) is 0 Å². The average molecular weight is 102 g/mol. The van der Waals surface area contributed by atoms with Crippen LogP contribution in [0.25, 0.3) is 0 Å². The molecule has 0 fully saturated rings. The molecule has 0 rings (SSSR count). The molecule has 1 nitrogen and oxygen atoms in total. The second kappa shape index (κ2) is 5.49. The summed E-state index contributed by atoms with van der Waals surface area (Å²) in [6.45, 7) is 5.07. The van der Waals surface area contributed by atoms with Gasteiger partial charge in [-0.25, -0.2) is 0 Å². The fraction of sp³-hybridized carbons (Fsp3) is 1.00. The molecule has 6 heavy (non-hydrogen) atoms. The topological polar surface area (TPSA) is 9.23 Å². The van der Waals surface area contributed by atoms with Crippen molar-refractivity contribution in [1.29, 1.82) is 0 Å². The SMILES string of the molecule is CC[O][Al+][CH2]C.[H-]. The van der Waals surface area contributed by atoms with E-state index in [1.807, 2.05) is 6.92 Å². The van der Waals surface area contributed by atoms with E-state index in [1.54, 1.807) is 0 Å². The zero-order valence-electron chi connectivity index (χ0n) is 5.40. The predicted molar refractivity (Wildman–Crippen MR) is 29.0 cm³/mol. The van der Waals surface area contributed by atoms with Crippen molar-refractivity contribution in [2.45, 2.75) is 19.1 Å². The Bertz CT molecular complexity index is 23.7. The quantitative estimate of drug-likeness (QED) is 0.384. The van der Waals surface area contributed by atoms with E-state index in [4.69, 9.17) is 3.79 Å². The van der Waals surface area contributed by atoms with E-state index >= 15 is 0 Å². The summed E-state index contributed by atoms with van der Waals surface area (Å²) in [6.07, 6.45) is 0. The smallest absolute Gasteiger partial charge is 1.00 e. The molecule has 0 aliphatic heterocycles. The van der Waals surface area contributed by atoms with Gasteiger partial charge in [0.25, 0.3) is 0 Å². The van der Waals surface area contributed by atoms with Gasteiger partial charge in [0.1, 0.15) is 0 Å². The van der Waals surface area contributed by atoms with E-state index in [-0.39, 0.29) is 1.43 Å². The van der Waals surface area contributed by atoms with Gasteiger partial charge in [0, 0.05) is 0 Å². The van der Waals surface area contributed by atoms with Crippen LogP contribution in [0.3, 0.4) is 0 Å². The summed E-state index contributed by atoms with van der Waals surface area (Å²) in [5.41, 5.74) is 0. The normalized spacial score (nSPS) is 7.67. The summed E-state index contributed by atoms with van der Waals surface area (Å²) in [6, 6.07) is 0. The van der Waals surface area contributed by atoms with E-state index in [2.05, 4.69) is 6.92 Å². The van der Waals surface area contributed by atoms with Crippen LogP contribution in [-0.2, 0) is 3.79 Å². The first-order chi connectivity index (χ1) is 2.91. The number of rotatable bonds is 3. The van der Waals surface area contributed by atoms with Gasteiger partial charge in [0.2, 0.25) is 0 Å². The van der Waals surface area contributed by atoms with Crippen molar-refractivity contribution in [3.63, 3.8) is 0 Å². The minimum Gasteiger partial charge on any atom is -1.00 e. The maximum atomic E-state index is 5.07. The maximum Gasteiger partial charge on any atom is -1.00 e. The Morgan fingerprint density at radius 3 is 2.50 bits per heavy atom. The fourth-order valence-electron chi connectivity index (χ4n) is 0.236. The van der Waals surface area contributed by atoms with Gasteiger partial charge in [-0.15, -0.1) is 0 Å². The van der Waals surface area contributed by atoms with Crippen LogP contribution in [0.1, 0.15) is 15.3 Å². The molecule has 0 bridgehead atoms. The first-order valence-corrected chi connectivity index (χ1v) is 3.63. The van der Waals surface area contributed by atoms with Crippen molar-refractivity contribution < 1.29 is 5.22 Å². The van der Waals surface area contributed by atoms with Crippen molar-refractivity contribution in [3.05, 3.63) is 0 Å². The van der Waals surface area contributed by atoms with Crippen molar-refractivity contribution in [2.24, 2.45) is 0 Å². The van der Waals surface area contributed by atoms with Crippen molar-refractivity contribution in [1.82, 2.24) is 0 Å². The minimum atomic E-state index is 0. The van der Waals surface area contributed by atoms with E-state index in [0.717, 1.165) is 6.61 Å². The largest absolute Gasteiger partial charge is 1.00 e. The van der Waals surface area contributed by atoms with Crippen LogP contribution in [-0.4, -0.2) is 22.2 Å². The maximum absolute atomic E-state index is 5.07. The Balaban J connectivity index is 0. The van der Waals surface area contributed by atoms with Crippen molar-refractivity contribution >= 4 is 15.6 Å². The summed E-state index contributed by atoms with van der Waals surface area (Å²) < 4.78 is 5.07. The fourth-order valence-corrected chi connectivity index (χ4v) is 0.707. The standard InChI is InChI=1S/C2H5O.C2H5.Al.H/c1-2-3;1-2;;/h2H2,1H3;1H2,2H3;;/q-1;;+2;-1. The van der Waals surface area contributed by atoms with Gasteiger partial charge in [0.05, 0.1) is 0 Å². The molecule has 0 spiro atoms. The van der Waals surface area contributed by atoms with Crippen LogP contribution >= 0.6 is 0 Å². The Hall–Kier alpha value is 0.492. The minimum absolute atomic E-state index is 0. The van der Waals surface area contributed by atoms with E-state index in [1.165, 1.54) is 5.28 Å². The summed E-state index contributed by atoms with van der Waals surface area (Å²) in [5, 5.41) is 1.22. The van der Waals surface area contributed by atoms with Crippen LogP contribution in [0.15, 0.2) is 0 Å². The Morgan fingerprint density at radius 1 is 1.67 bits per heavy atom. The Kier molecular flexibility index (Phi) is 5.94. The van der Waals surface area contributed by atoms with Gasteiger partial charge in [-0.1, -0.05) is 0 Å². The third kappa shape index (κ3) is 4.49.